The molecule has 0 saturated heterocycles. The maximum absolute atomic E-state index is 11.7. The van der Waals surface area contributed by atoms with Crippen LogP contribution in [0.4, 0.5) is 0 Å². The third kappa shape index (κ3) is 4.77. The van der Waals surface area contributed by atoms with E-state index in [2.05, 4.69) is 22.1 Å². The van der Waals surface area contributed by atoms with E-state index in [1.54, 1.807) is 20.2 Å². The first kappa shape index (κ1) is 14.7. The molecule has 0 radical (unpaired) electrons. The van der Waals surface area contributed by atoms with Crippen LogP contribution >= 0.6 is 0 Å². The molecule has 1 aromatic heterocycles. The molecule has 19 heavy (non-hydrogen) atoms. The van der Waals surface area contributed by atoms with Crippen molar-refractivity contribution >= 4 is 11.8 Å². The van der Waals surface area contributed by atoms with Gasteiger partial charge in [0.15, 0.2) is 0 Å². The Kier molecular flexibility index (Phi) is 5.51. The number of likely N-dealkylation sites (N-methyl/N-ethyl adjacent to an activating group) is 1. The summed E-state index contributed by atoms with van der Waals surface area (Å²) in [6, 6.07) is 3.13. The van der Waals surface area contributed by atoms with Crippen LogP contribution in [0.2, 0.25) is 0 Å². The Morgan fingerprint density at radius 2 is 2.16 bits per heavy atom. The normalized spacial score (nSPS) is 9.21. The van der Waals surface area contributed by atoms with Crippen molar-refractivity contribution < 1.29 is 14.7 Å². The number of aliphatic hydroxyl groups excluding tert-OH is 1. The third-order valence-corrected chi connectivity index (χ3v) is 2.21. The highest BCUT2D eigenvalue weighted by Crippen LogP contribution is 1.98. The average molecular weight is 261 g/mol. The molecule has 6 nitrogen and oxygen atoms in total. The summed E-state index contributed by atoms with van der Waals surface area (Å²) in [4.78, 5) is 28.3. The van der Waals surface area contributed by atoms with Gasteiger partial charge in [0, 0.05) is 25.9 Å². The van der Waals surface area contributed by atoms with E-state index in [4.69, 9.17) is 5.11 Å². The fourth-order valence-corrected chi connectivity index (χ4v) is 1.15. The van der Waals surface area contributed by atoms with Crippen molar-refractivity contribution in [2.24, 2.45) is 0 Å². The summed E-state index contributed by atoms with van der Waals surface area (Å²) < 4.78 is 0. The van der Waals surface area contributed by atoms with Gasteiger partial charge in [0.05, 0.1) is 6.54 Å². The van der Waals surface area contributed by atoms with Crippen molar-refractivity contribution in [3.8, 4) is 11.8 Å². The lowest BCUT2D eigenvalue weighted by Crippen LogP contribution is -2.36. The molecule has 0 bridgehead atoms. The van der Waals surface area contributed by atoms with Gasteiger partial charge in [-0.2, -0.15) is 0 Å². The number of nitrogens with one attached hydrogen (secondary N) is 1. The monoisotopic (exact) mass is 261 g/mol. The summed E-state index contributed by atoms with van der Waals surface area (Å²) >= 11 is 0. The van der Waals surface area contributed by atoms with Gasteiger partial charge in [-0.1, -0.05) is 11.8 Å². The lowest BCUT2D eigenvalue weighted by molar-refractivity contribution is -0.127. The van der Waals surface area contributed by atoms with E-state index >= 15 is 0 Å². The Morgan fingerprint density at radius 3 is 2.68 bits per heavy atom. The molecule has 6 heteroatoms. The van der Waals surface area contributed by atoms with Crippen LogP contribution in [0.5, 0.6) is 0 Å². The lowest BCUT2D eigenvalue weighted by Gasteiger charge is -2.10. The lowest BCUT2D eigenvalue weighted by atomic mass is 10.2. The highest BCUT2D eigenvalue weighted by atomic mass is 16.2. The van der Waals surface area contributed by atoms with Crippen LogP contribution < -0.4 is 5.32 Å². The second-order valence-corrected chi connectivity index (χ2v) is 3.86. The molecule has 1 aromatic rings. The zero-order valence-corrected chi connectivity index (χ0v) is 10.8. The molecule has 100 valence electrons. The minimum atomic E-state index is -0.420. The van der Waals surface area contributed by atoms with Gasteiger partial charge in [-0.3, -0.25) is 9.59 Å². The summed E-state index contributed by atoms with van der Waals surface area (Å²) in [5.74, 6) is 4.54. The van der Waals surface area contributed by atoms with Gasteiger partial charge in [0.2, 0.25) is 5.91 Å². The van der Waals surface area contributed by atoms with Crippen molar-refractivity contribution in [1.29, 1.82) is 0 Å². The summed E-state index contributed by atoms with van der Waals surface area (Å²) in [6.45, 7) is -0.297. The Balaban J connectivity index is 2.60. The quantitative estimate of drug-likeness (QED) is 0.701. The Labute approximate surface area is 111 Å². The predicted octanol–water partition coefficient (Wildman–Crippen LogP) is -0.757. The topological polar surface area (TPSA) is 82.5 Å². The van der Waals surface area contributed by atoms with Gasteiger partial charge in [0.1, 0.15) is 12.3 Å². The molecule has 0 fully saturated rings. The molecule has 0 unspecified atom stereocenters. The Morgan fingerprint density at radius 1 is 1.42 bits per heavy atom. The number of nitrogens with zero attached hydrogens (tertiary/aromatic N) is 2. The number of amides is 2. The van der Waals surface area contributed by atoms with E-state index in [1.807, 2.05) is 0 Å². The van der Waals surface area contributed by atoms with Gasteiger partial charge < -0.3 is 15.3 Å². The molecule has 0 spiro atoms. The molecule has 0 atom stereocenters. The number of aliphatic hydroxyl groups is 1. The molecule has 0 aliphatic heterocycles. The fraction of sp³-hybridized carbons (Fsp3) is 0.308. The highest BCUT2D eigenvalue weighted by Gasteiger charge is 2.09. The molecule has 0 aliphatic carbocycles. The average Bonchev–Trinajstić information content (AvgIpc) is 2.42. The first-order chi connectivity index (χ1) is 9.04. The maximum Gasteiger partial charge on any atom is 0.270 e. The second kappa shape index (κ2) is 7.13. The van der Waals surface area contributed by atoms with Crippen molar-refractivity contribution in [3.05, 3.63) is 29.6 Å². The van der Waals surface area contributed by atoms with Gasteiger partial charge in [-0.05, 0) is 12.1 Å². The number of rotatable bonds is 3. The molecule has 2 amide bonds. The van der Waals surface area contributed by atoms with E-state index in [1.165, 1.54) is 17.2 Å². The van der Waals surface area contributed by atoms with E-state index < -0.39 is 5.91 Å². The molecular formula is C13H15N3O3. The van der Waals surface area contributed by atoms with Gasteiger partial charge >= 0.3 is 0 Å². The fourth-order valence-electron chi connectivity index (χ4n) is 1.15. The summed E-state index contributed by atoms with van der Waals surface area (Å²) in [7, 11) is 3.22. The number of carbonyl (C=O) groups is 2. The number of hydrogen-bond donors (Lipinski definition) is 2. The number of carbonyl (C=O) groups excluding carboxylic acids is 2. The SMILES string of the molecule is CN(C)C(=O)CNC(=O)c1ccc(C#CCO)cn1. The Hall–Kier alpha value is -2.39. The standard InChI is InChI=1S/C13H15N3O3/c1-16(2)12(18)9-15-13(19)11-6-5-10(8-14-11)4-3-7-17/h5-6,8,17H,7,9H2,1-2H3,(H,15,19). The zero-order valence-electron chi connectivity index (χ0n) is 10.8. The van der Waals surface area contributed by atoms with Crippen molar-refractivity contribution in [2.75, 3.05) is 27.2 Å². The van der Waals surface area contributed by atoms with Gasteiger partial charge in [-0.25, -0.2) is 4.98 Å². The third-order valence-electron chi connectivity index (χ3n) is 2.21. The second-order valence-electron chi connectivity index (χ2n) is 3.86. The van der Waals surface area contributed by atoms with Crippen molar-refractivity contribution in [3.63, 3.8) is 0 Å². The number of aromatic nitrogens is 1. The Bertz CT molecular complexity index is 512. The van der Waals surface area contributed by atoms with E-state index in [9.17, 15) is 9.59 Å². The summed E-state index contributed by atoms with van der Waals surface area (Å²) in [5.41, 5.74) is 0.816. The largest absolute Gasteiger partial charge is 0.384 e. The maximum atomic E-state index is 11.7. The minimum Gasteiger partial charge on any atom is -0.384 e. The number of pyridine rings is 1. The molecule has 2 N–H and O–H groups in total. The first-order valence-corrected chi connectivity index (χ1v) is 5.58. The van der Waals surface area contributed by atoms with E-state index in [-0.39, 0.29) is 24.8 Å². The summed E-state index contributed by atoms with van der Waals surface area (Å²) in [6.07, 6.45) is 1.44. The molecule has 1 heterocycles. The van der Waals surface area contributed by atoms with Crippen LogP contribution in [0, 0.1) is 11.8 Å². The van der Waals surface area contributed by atoms with Gasteiger partial charge in [-0.15, -0.1) is 0 Å². The van der Waals surface area contributed by atoms with E-state index in [0.29, 0.717) is 5.56 Å². The van der Waals surface area contributed by atoms with Crippen LogP contribution in [0.15, 0.2) is 18.3 Å². The molecule has 0 aliphatic rings. The van der Waals surface area contributed by atoms with Crippen LogP contribution in [0.3, 0.4) is 0 Å². The van der Waals surface area contributed by atoms with Crippen LogP contribution in [-0.4, -0.2) is 54.1 Å². The van der Waals surface area contributed by atoms with Crippen LogP contribution in [0.25, 0.3) is 0 Å². The van der Waals surface area contributed by atoms with Crippen molar-refractivity contribution in [2.45, 2.75) is 0 Å². The summed E-state index contributed by atoms with van der Waals surface area (Å²) in [5, 5.41) is 11.0. The van der Waals surface area contributed by atoms with Crippen LogP contribution in [-0.2, 0) is 4.79 Å². The molecular weight excluding hydrogens is 246 g/mol. The first-order valence-electron chi connectivity index (χ1n) is 5.58. The molecule has 1 rings (SSSR count). The molecule has 0 aromatic carbocycles. The van der Waals surface area contributed by atoms with Crippen molar-refractivity contribution in [1.82, 2.24) is 15.2 Å². The molecule has 0 saturated carbocycles. The van der Waals surface area contributed by atoms with Gasteiger partial charge in [0.25, 0.3) is 5.91 Å². The predicted molar refractivity (Wildman–Crippen MR) is 69.2 cm³/mol. The highest BCUT2D eigenvalue weighted by molar-refractivity contribution is 5.94. The smallest absolute Gasteiger partial charge is 0.270 e. The van der Waals surface area contributed by atoms with E-state index in [0.717, 1.165) is 0 Å². The number of hydrogen-bond acceptors (Lipinski definition) is 4. The zero-order chi connectivity index (χ0) is 14.3. The van der Waals surface area contributed by atoms with Crippen LogP contribution in [0.1, 0.15) is 16.1 Å². The minimum absolute atomic E-state index is 0.0699.